The smallest absolute Gasteiger partial charge is 0.245 e. The van der Waals surface area contributed by atoms with E-state index in [9.17, 15) is 26.0 Å². The summed E-state index contributed by atoms with van der Waals surface area (Å²) in [6, 6.07) is 6.73. The fourth-order valence-corrected chi connectivity index (χ4v) is 4.09. The van der Waals surface area contributed by atoms with Crippen molar-refractivity contribution in [1.82, 2.24) is 4.72 Å². The molecule has 0 spiro atoms. The average molecular weight is 431 g/mol. The maximum absolute atomic E-state index is 13.4. The first kappa shape index (κ1) is 21.8. The van der Waals surface area contributed by atoms with E-state index in [4.69, 9.17) is 9.88 Å². The minimum absolute atomic E-state index is 0.0832. The van der Waals surface area contributed by atoms with Gasteiger partial charge < -0.3 is 10.1 Å². The third-order valence-corrected chi connectivity index (χ3v) is 6.08. The minimum atomic E-state index is -4.26. The van der Waals surface area contributed by atoms with E-state index in [0.717, 1.165) is 18.2 Å². The highest BCUT2D eigenvalue weighted by molar-refractivity contribution is 7.89. The Morgan fingerprint density at radius 2 is 1.71 bits per heavy atom. The van der Waals surface area contributed by atoms with Crippen LogP contribution >= 0.6 is 0 Å². The zero-order valence-electron chi connectivity index (χ0n) is 14.8. The summed E-state index contributed by atoms with van der Waals surface area (Å²) >= 11 is 0. The van der Waals surface area contributed by atoms with Gasteiger partial charge in [0.05, 0.1) is 18.0 Å². The van der Waals surface area contributed by atoms with Crippen molar-refractivity contribution in [3.63, 3.8) is 0 Å². The lowest BCUT2D eigenvalue weighted by Gasteiger charge is -2.16. The molecule has 0 saturated carbocycles. The van der Waals surface area contributed by atoms with E-state index in [1.54, 1.807) is 0 Å². The van der Waals surface area contributed by atoms with Crippen LogP contribution in [0.1, 0.15) is 6.92 Å². The molecule has 0 saturated heterocycles. The molecule has 12 heteroatoms. The second-order valence-electron chi connectivity index (χ2n) is 5.70. The minimum Gasteiger partial charge on any atom is -0.495 e. The molecule has 0 aliphatic carbocycles. The molecular weight excluding hydrogens is 413 g/mol. The van der Waals surface area contributed by atoms with Crippen molar-refractivity contribution >= 4 is 31.6 Å². The SMILES string of the molecule is COc1ccc(F)cc1S(=O)(=O)NC(C)C(=O)Nc1ccc(S(N)(=O)=O)cc1. The van der Waals surface area contributed by atoms with Crippen molar-refractivity contribution in [1.29, 1.82) is 0 Å². The van der Waals surface area contributed by atoms with Crippen molar-refractivity contribution in [2.75, 3.05) is 12.4 Å². The standard InChI is InChI=1S/C16H18FN3O6S2/c1-10(16(21)19-12-4-6-13(7-5-12)27(18,22)23)20-28(24,25)15-9-11(17)3-8-14(15)26-2/h3-10,20H,1-2H3,(H,19,21)(H2,18,22,23). The van der Waals surface area contributed by atoms with E-state index in [0.29, 0.717) is 0 Å². The second kappa shape index (κ2) is 8.22. The monoisotopic (exact) mass is 431 g/mol. The van der Waals surface area contributed by atoms with Gasteiger partial charge in [0.25, 0.3) is 0 Å². The molecule has 2 aromatic rings. The fraction of sp³-hybridized carbons (Fsp3) is 0.188. The van der Waals surface area contributed by atoms with Gasteiger partial charge in [0, 0.05) is 5.69 Å². The highest BCUT2D eigenvalue weighted by atomic mass is 32.2. The molecule has 0 radical (unpaired) electrons. The molecule has 1 atom stereocenters. The predicted molar refractivity (Wildman–Crippen MR) is 99.2 cm³/mol. The number of halogens is 1. The molecule has 0 aliphatic rings. The van der Waals surface area contributed by atoms with Crippen molar-refractivity contribution in [2.45, 2.75) is 22.8 Å². The van der Waals surface area contributed by atoms with Crippen LogP contribution < -0.4 is 19.9 Å². The Labute approximate surface area is 161 Å². The molecule has 0 aliphatic heterocycles. The topological polar surface area (TPSA) is 145 Å². The number of nitrogens with one attached hydrogen (secondary N) is 2. The molecule has 0 bridgehead atoms. The summed E-state index contributed by atoms with van der Waals surface area (Å²) in [5.74, 6) is -1.59. The highest BCUT2D eigenvalue weighted by Gasteiger charge is 2.25. The summed E-state index contributed by atoms with van der Waals surface area (Å²) in [5, 5.41) is 7.41. The lowest BCUT2D eigenvalue weighted by Crippen LogP contribution is -2.41. The average Bonchev–Trinajstić information content (AvgIpc) is 2.61. The summed E-state index contributed by atoms with van der Waals surface area (Å²) in [4.78, 5) is 11.6. The number of carbonyl (C=O) groups excluding carboxylic acids is 1. The fourth-order valence-electron chi connectivity index (χ4n) is 2.19. The van der Waals surface area contributed by atoms with Gasteiger partial charge in [-0.3, -0.25) is 4.79 Å². The molecular formula is C16H18FN3O6S2. The summed E-state index contributed by atoms with van der Waals surface area (Å²) in [7, 11) is -6.91. The van der Waals surface area contributed by atoms with Crippen LogP contribution in [-0.2, 0) is 24.8 Å². The number of carbonyl (C=O) groups is 1. The van der Waals surface area contributed by atoms with Gasteiger partial charge in [-0.05, 0) is 49.4 Å². The Bertz CT molecular complexity index is 1090. The molecule has 4 N–H and O–H groups in total. The van der Waals surface area contributed by atoms with Gasteiger partial charge in [0.2, 0.25) is 26.0 Å². The number of amides is 1. The third kappa shape index (κ3) is 5.25. The number of ether oxygens (including phenoxy) is 1. The molecule has 2 rings (SSSR count). The normalized spacial score (nSPS) is 13.0. The van der Waals surface area contributed by atoms with E-state index >= 15 is 0 Å². The van der Waals surface area contributed by atoms with Gasteiger partial charge in [-0.1, -0.05) is 0 Å². The van der Waals surface area contributed by atoms with Crippen LogP contribution in [0.5, 0.6) is 5.75 Å². The molecule has 28 heavy (non-hydrogen) atoms. The first-order valence-electron chi connectivity index (χ1n) is 7.73. The quantitative estimate of drug-likeness (QED) is 0.591. The number of primary sulfonamides is 1. The van der Waals surface area contributed by atoms with E-state index in [1.807, 2.05) is 0 Å². The van der Waals surface area contributed by atoms with Crippen LogP contribution in [0.3, 0.4) is 0 Å². The number of anilines is 1. The molecule has 152 valence electrons. The predicted octanol–water partition coefficient (Wildman–Crippen LogP) is 0.787. The van der Waals surface area contributed by atoms with E-state index < -0.39 is 42.7 Å². The first-order chi connectivity index (χ1) is 12.9. The first-order valence-corrected chi connectivity index (χ1v) is 10.8. The maximum Gasteiger partial charge on any atom is 0.245 e. The maximum atomic E-state index is 13.4. The van der Waals surface area contributed by atoms with Gasteiger partial charge in [-0.15, -0.1) is 0 Å². The molecule has 0 aromatic heterocycles. The number of methoxy groups -OCH3 is 1. The summed E-state index contributed by atoms with van der Waals surface area (Å²) < 4.78 is 67.9. The van der Waals surface area contributed by atoms with Gasteiger partial charge in [0.1, 0.15) is 16.5 Å². The number of hydrogen-bond acceptors (Lipinski definition) is 6. The molecule has 2 aromatic carbocycles. The van der Waals surface area contributed by atoms with Crippen LogP contribution in [0.2, 0.25) is 0 Å². The Kier molecular flexibility index (Phi) is 6.39. The molecule has 0 heterocycles. The van der Waals surface area contributed by atoms with Gasteiger partial charge in [-0.2, -0.15) is 4.72 Å². The number of nitrogens with two attached hydrogens (primary N) is 1. The Morgan fingerprint density at radius 3 is 2.25 bits per heavy atom. The van der Waals surface area contributed by atoms with Crippen LogP contribution in [0.15, 0.2) is 52.3 Å². The third-order valence-electron chi connectivity index (χ3n) is 3.59. The lowest BCUT2D eigenvalue weighted by atomic mass is 10.3. The largest absolute Gasteiger partial charge is 0.495 e. The van der Waals surface area contributed by atoms with Crippen LogP contribution in [0, 0.1) is 5.82 Å². The molecule has 1 unspecified atom stereocenters. The summed E-state index contributed by atoms with van der Waals surface area (Å²) in [5.41, 5.74) is 0.229. The summed E-state index contributed by atoms with van der Waals surface area (Å²) in [6.07, 6.45) is 0. The van der Waals surface area contributed by atoms with Crippen molar-refractivity contribution in [3.05, 3.63) is 48.3 Å². The van der Waals surface area contributed by atoms with Crippen LogP contribution in [-0.4, -0.2) is 35.9 Å². The Hall–Kier alpha value is -2.54. The van der Waals surface area contributed by atoms with E-state index in [-0.39, 0.29) is 16.3 Å². The summed E-state index contributed by atoms with van der Waals surface area (Å²) in [6.45, 7) is 1.29. The van der Waals surface area contributed by atoms with Crippen molar-refractivity contribution in [3.8, 4) is 5.75 Å². The van der Waals surface area contributed by atoms with Crippen LogP contribution in [0.25, 0.3) is 0 Å². The zero-order valence-corrected chi connectivity index (χ0v) is 16.5. The van der Waals surface area contributed by atoms with Gasteiger partial charge in [-0.25, -0.2) is 26.4 Å². The van der Waals surface area contributed by atoms with Crippen molar-refractivity contribution in [2.24, 2.45) is 5.14 Å². The Balaban J connectivity index is 2.14. The number of benzene rings is 2. The lowest BCUT2D eigenvalue weighted by molar-refractivity contribution is -0.117. The highest BCUT2D eigenvalue weighted by Crippen LogP contribution is 2.24. The molecule has 1 amide bonds. The van der Waals surface area contributed by atoms with Crippen molar-refractivity contribution < 1.29 is 30.8 Å². The number of sulfonamides is 2. The number of rotatable bonds is 7. The van der Waals surface area contributed by atoms with E-state index in [1.165, 1.54) is 38.3 Å². The zero-order chi connectivity index (χ0) is 21.1. The molecule has 0 fully saturated rings. The van der Waals surface area contributed by atoms with Crippen LogP contribution in [0.4, 0.5) is 10.1 Å². The second-order valence-corrected chi connectivity index (χ2v) is 8.94. The molecule has 9 nitrogen and oxygen atoms in total. The van der Waals surface area contributed by atoms with Gasteiger partial charge in [0.15, 0.2) is 0 Å². The number of hydrogen-bond donors (Lipinski definition) is 3. The Morgan fingerprint density at radius 1 is 1.11 bits per heavy atom. The van der Waals surface area contributed by atoms with E-state index in [2.05, 4.69) is 10.0 Å². The van der Waals surface area contributed by atoms with Gasteiger partial charge >= 0.3 is 0 Å².